The zero-order valence-electron chi connectivity index (χ0n) is 8.05. The molecular formula is C12H13NO. The molecule has 0 saturated heterocycles. The molecule has 2 heteroatoms. The van der Waals surface area contributed by atoms with Crippen LogP contribution in [-0.4, -0.2) is 5.91 Å². The van der Waals surface area contributed by atoms with Crippen LogP contribution in [0.15, 0.2) is 24.3 Å². The fourth-order valence-electron chi connectivity index (χ4n) is 2.64. The maximum atomic E-state index is 11.8. The van der Waals surface area contributed by atoms with Crippen LogP contribution in [0.5, 0.6) is 0 Å². The van der Waals surface area contributed by atoms with Crippen molar-refractivity contribution in [1.29, 1.82) is 0 Å². The lowest BCUT2D eigenvalue weighted by Crippen LogP contribution is -2.52. The summed E-state index contributed by atoms with van der Waals surface area (Å²) in [6, 6.07) is 8.32. The van der Waals surface area contributed by atoms with E-state index >= 15 is 0 Å². The molecule has 0 atom stereocenters. The molecule has 1 fully saturated rings. The summed E-state index contributed by atoms with van der Waals surface area (Å²) in [6.07, 6.45) is 3.23. The fourth-order valence-corrected chi connectivity index (χ4v) is 2.64. The molecule has 1 aliphatic carbocycles. The normalized spacial score (nSPS) is 22.4. The van der Waals surface area contributed by atoms with Crippen molar-refractivity contribution in [2.45, 2.75) is 31.2 Å². The summed E-state index contributed by atoms with van der Waals surface area (Å²) in [6.45, 7) is 0.705. The topological polar surface area (TPSA) is 29.1 Å². The predicted octanol–water partition coefficient (Wildman–Crippen LogP) is 1.74. The Morgan fingerprint density at radius 1 is 1.21 bits per heavy atom. The molecule has 1 amide bonds. The van der Waals surface area contributed by atoms with Gasteiger partial charge in [-0.2, -0.15) is 0 Å². The molecule has 1 aromatic rings. The largest absolute Gasteiger partial charge is 0.351 e. The standard InChI is InChI=1S/C12H13NO/c14-11-12(6-3-7-12)10-5-2-1-4-9(10)8-13-11/h1-2,4-5H,3,6-8H2,(H,13,14). The third-order valence-corrected chi connectivity index (χ3v) is 3.61. The van der Waals surface area contributed by atoms with Gasteiger partial charge in [-0.15, -0.1) is 0 Å². The second-order valence-electron chi connectivity index (χ2n) is 4.28. The molecule has 1 aliphatic heterocycles. The molecular weight excluding hydrogens is 174 g/mol. The summed E-state index contributed by atoms with van der Waals surface area (Å²) in [7, 11) is 0. The first-order valence-electron chi connectivity index (χ1n) is 5.20. The molecule has 2 aliphatic rings. The van der Waals surface area contributed by atoms with E-state index in [9.17, 15) is 4.79 Å². The highest BCUT2D eigenvalue weighted by atomic mass is 16.2. The van der Waals surface area contributed by atoms with Gasteiger partial charge >= 0.3 is 0 Å². The highest BCUT2D eigenvalue weighted by molar-refractivity contribution is 5.91. The number of hydrogen-bond donors (Lipinski definition) is 1. The van der Waals surface area contributed by atoms with Crippen molar-refractivity contribution in [3.63, 3.8) is 0 Å². The van der Waals surface area contributed by atoms with Crippen LogP contribution in [0.1, 0.15) is 30.4 Å². The summed E-state index contributed by atoms with van der Waals surface area (Å²) < 4.78 is 0. The second kappa shape index (κ2) is 2.59. The molecule has 0 aromatic heterocycles. The van der Waals surface area contributed by atoms with Crippen LogP contribution in [0.2, 0.25) is 0 Å². The maximum absolute atomic E-state index is 11.8. The molecule has 1 saturated carbocycles. The molecule has 14 heavy (non-hydrogen) atoms. The Morgan fingerprint density at radius 2 is 2.00 bits per heavy atom. The van der Waals surface area contributed by atoms with Crippen LogP contribution < -0.4 is 5.32 Å². The highest BCUT2D eigenvalue weighted by Crippen LogP contribution is 2.46. The maximum Gasteiger partial charge on any atom is 0.230 e. The lowest BCUT2D eigenvalue weighted by atomic mass is 9.61. The van der Waals surface area contributed by atoms with E-state index in [1.807, 2.05) is 12.1 Å². The molecule has 0 radical (unpaired) electrons. The van der Waals surface area contributed by atoms with Crippen molar-refractivity contribution in [3.8, 4) is 0 Å². The molecule has 72 valence electrons. The van der Waals surface area contributed by atoms with Crippen molar-refractivity contribution >= 4 is 5.91 Å². The number of hydrogen-bond acceptors (Lipinski definition) is 1. The Balaban J connectivity index is 2.17. The first-order chi connectivity index (χ1) is 6.83. The van der Waals surface area contributed by atoms with Gasteiger partial charge in [-0.25, -0.2) is 0 Å². The Kier molecular flexibility index (Phi) is 1.49. The first kappa shape index (κ1) is 8.04. The number of benzene rings is 1. The van der Waals surface area contributed by atoms with Gasteiger partial charge in [0.1, 0.15) is 0 Å². The van der Waals surface area contributed by atoms with Crippen molar-refractivity contribution in [2.75, 3.05) is 0 Å². The van der Waals surface area contributed by atoms with E-state index in [0.29, 0.717) is 6.54 Å². The third-order valence-electron chi connectivity index (χ3n) is 3.61. The summed E-state index contributed by atoms with van der Waals surface area (Å²) in [5.74, 6) is 0.238. The van der Waals surface area contributed by atoms with Crippen LogP contribution in [0, 0.1) is 0 Å². The minimum absolute atomic E-state index is 0.158. The molecule has 0 unspecified atom stereocenters. The van der Waals surface area contributed by atoms with Crippen LogP contribution in [0.4, 0.5) is 0 Å². The Bertz CT molecular complexity index is 393. The highest BCUT2D eigenvalue weighted by Gasteiger charge is 2.48. The summed E-state index contributed by atoms with van der Waals surface area (Å²) in [5.41, 5.74) is 2.41. The summed E-state index contributed by atoms with van der Waals surface area (Å²) in [5, 5.41) is 2.99. The average molecular weight is 187 g/mol. The Hall–Kier alpha value is -1.31. The monoisotopic (exact) mass is 187 g/mol. The van der Waals surface area contributed by atoms with Gasteiger partial charge < -0.3 is 5.32 Å². The molecule has 1 spiro atoms. The van der Waals surface area contributed by atoms with Gasteiger partial charge in [0, 0.05) is 6.54 Å². The number of amides is 1. The third kappa shape index (κ3) is 0.834. The van der Waals surface area contributed by atoms with E-state index in [2.05, 4.69) is 17.4 Å². The minimum atomic E-state index is -0.158. The lowest BCUT2D eigenvalue weighted by Gasteiger charge is -2.44. The van der Waals surface area contributed by atoms with Gasteiger partial charge in [0.15, 0.2) is 0 Å². The second-order valence-corrected chi connectivity index (χ2v) is 4.28. The smallest absolute Gasteiger partial charge is 0.230 e. The van der Waals surface area contributed by atoms with Crippen LogP contribution in [-0.2, 0) is 16.8 Å². The molecule has 0 bridgehead atoms. The predicted molar refractivity (Wildman–Crippen MR) is 53.8 cm³/mol. The molecule has 1 N–H and O–H groups in total. The number of carbonyl (C=O) groups excluding carboxylic acids is 1. The zero-order chi connectivity index (χ0) is 9.60. The Labute approximate surface area is 83.3 Å². The van der Waals surface area contributed by atoms with Crippen molar-refractivity contribution in [1.82, 2.24) is 5.32 Å². The SMILES string of the molecule is O=C1NCc2ccccc2C12CCC2. The summed E-state index contributed by atoms with van der Waals surface area (Å²) >= 11 is 0. The number of carbonyl (C=O) groups is 1. The van der Waals surface area contributed by atoms with E-state index in [1.54, 1.807) is 0 Å². The van der Waals surface area contributed by atoms with Crippen LogP contribution >= 0.6 is 0 Å². The number of fused-ring (bicyclic) bond motifs is 2. The lowest BCUT2D eigenvalue weighted by molar-refractivity contribution is -0.130. The van der Waals surface area contributed by atoms with Crippen molar-refractivity contribution in [3.05, 3.63) is 35.4 Å². The molecule has 1 aromatic carbocycles. The van der Waals surface area contributed by atoms with E-state index in [0.717, 1.165) is 12.8 Å². The van der Waals surface area contributed by atoms with E-state index in [-0.39, 0.29) is 11.3 Å². The van der Waals surface area contributed by atoms with Gasteiger partial charge in [-0.1, -0.05) is 30.7 Å². The fraction of sp³-hybridized carbons (Fsp3) is 0.417. The van der Waals surface area contributed by atoms with E-state index < -0.39 is 0 Å². The first-order valence-corrected chi connectivity index (χ1v) is 5.20. The van der Waals surface area contributed by atoms with Gasteiger partial charge in [0.05, 0.1) is 5.41 Å². The number of rotatable bonds is 0. The molecule has 2 nitrogen and oxygen atoms in total. The Morgan fingerprint density at radius 3 is 2.71 bits per heavy atom. The molecule has 3 rings (SSSR count). The van der Waals surface area contributed by atoms with E-state index in [4.69, 9.17) is 0 Å². The van der Waals surface area contributed by atoms with Gasteiger partial charge in [-0.3, -0.25) is 4.79 Å². The average Bonchev–Trinajstić information content (AvgIpc) is 2.15. The van der Waals surface area contributed by atoms with Gasteiger partial charge in [-0.05, 0) is 24.0 Å². The van der Waals surface area contributed by atoms with Crippen LogP contribution in [0.25, 0.3) is 0 Å². The minimum Gasteiger partial charge on any atom is -0.351 e. The van der Waals surface area contributed by atoms with Crippen LogP contribution in [0.3, 0.4) is 0 Å². The van der Waals surface area contributed by atoms with Crippen molar-refractivity contribution in [2.24, 2.45) is 0 Å². The van der Waals surface area contributed by atoms with Gasteiger partial charge in [0.2, 0.25) is 5.91 Å². The number of nitrogens with one attached hydrogen (secondary N) is 1. The zero-order valence-corrected chi connectivity index (χ0v) is 8.05. The summed E-state index contributed by atoms with van der Waals surface area (Å²) in [4.78, 5) is 11.8. The molecule has 1 heterocycles. The van der Waals surface area contributed by atoms with Crippen molar-refractivity contribution < 1.29 is 4.79 Å². The quantitative estimate of drug-likeness (QED) is 0.658. The van der Waals surface area contributed by atoms with Gasteiger partial charge in [0.25, 0.3) is 0 Å². The van der Waals surface area contributed by atoms with E-state index in [1.165, 1.54) is 17.5 Å².